The Morgan fingerprint density at radius 2 is 0.500 bits per heavy atom. The first-order valence-corrected chi connectivity index (χ1v) is 13.9. The molecule has 0 spiro atoms. The molecule has 10 heteroatoms. The number of carboxylic acids is 4. The second-order valence-corrected chi connectivity index (χ2v) is 8.73. The van der Waals surface area contributed by atoms with E-state index in [9.17, 15) is 39.6 Å². The minimum absolute atomic E-state index is 0. The van der Waals surface area contributed by atoms with Gasteiger partial charge in [-0.2, -0.15) is 0 Å². The van der Waals surface area contributed by atoms with E-state index >= 15 is 0 Å². The van der Waals surface area contributed by atoms with Crippen molar-refractivity contribution in [3.63, 3.8) is 0 Å². The molecule has 0 aliphatic rings. The Balaban J connectivity index is -0.0000000888. The maximum atomic E-state index is 9.92. The molecule has 0 unspecified atom stereocenters. The van der Waals surface area contributed by atoms with Gasteiger partial charge in [-0.05, 0) is 51.4 Å². The first kappa shape index (κ1) is 50.3. The molecule has 0 saturated carbocycles. The van der Waals surface area contributed by atoms with E-state index < -0.39 is 23.9 Å². The number of carbonyl (C=O) groups excluding carboxylic acids is 4. The second-order valence-electron chi connectivity index (χ2n) is 8.73. The van der Waals surface area contributed by atoms with Crippen LogP contribution in [0.15, 0.2) is 0 Å². The van der Waals surface area contributed by atoms with Gasteiger partial charge < -0.3 is 39.6 Å². The van der Waals surface area contributed by atoms with Crippen molar-refractivity contribution < 1.29 is 39.6 Å². The van der Waals surface area contributed by atoms with Crippen molar-refractivity contribution in [3.8, 4) is 0 Å². The predicted octanol–water partition coefficient (Wildman–Crippen LogP) is 2.07. The van der Waals surface area contributed by atoms with Crippen LogP contribution in [0.2, 0.25) is 0 Å². The minimum atomic E-state index is -0.932. The predicted molar refractivity (Wildman–Crippen MR) is 147 cm³/mol. The smallest absolute Gasteiger partial charge is 0.550 e. The van der Waals surface area contributed by atoms with Crippen LogP contribution in [0.3, 0.4) is 0 Å². The van der Waals surface area contributed by atoms with Gasteiger partial charge in [0.25, 0.3) is 0 Å². The van der Waals surface area contributed by atoms with E-state index in [-0.39, 0.29) is 73.5 Å². The van der Waals surface area contributed by atoms with Crippen LogP contribution in [0.25, 0.3) is 0 Å². The molecule has 0 rings (SSSR count). The number of carbonyl (C=O) groups is 4. The van der Waals surface area contributed by atoms with Crippen LogP contribution in [0.5, 0.6) is 0 Å². The van der Waals surface area contributed by atoms with Crippen LogP contribution in [-0.2, 0) is 19.2 Å². The molecule has 0 heterocycles. The van der Waals surface area contributed by atoms with Gasteiger partial charge in [0.15, 0.2) is 0 Å². The Bertz CT molecular complexity index is 459. The average molecular weight is 754 g/mol. The number of carboxylic acid groups (broad SMARTS) is 4. The van der Waals surface area contributed by atoms with Crippen LogP contribution >= 0.6 is 0 Å². The molecule has 0 aromatic carbocycles. The molecule has 8 nitrogen and oxygen atoms in total. The Kier molecular flexibility index (Phi) is 61.4. The molecule has 0 N–H and O–H groups in total. The summed E-state index contributed by atoms with van der Waals surface area (Å²) < 4.78 is 0. The van der Waals surface area contributed by atoms with Gasteiger partial charge in [0, 0.05) is 23.9 Å². The molecule has 38 heavy (non-hydrogen) atoms. The van der Waals surface area contributed by atoms with Crippen LogP contribution in [0.1, 0.15) is 156 Å². The van der Waals surface area contributed by atoms with Crippen molar-refractivity contribution in [2.45, 2.75) is 156 Å². The third-order valence-electron chi connectivity index (χ3n) is 4.94. The maximum absolute atomic E-state index is 9.92. The normalized spacial score (nSPS) is 8.95. The molecule has 0 fully saturated rings. The fraction of sp³-hybridized carbons (Fsp3) is 0.857. The summed E-state index contributed by atoms with van der Waals surface area (Å²) in [4.78, 5) is 39.4. The molecule has 0 aromatic heterocycles. The van der Waals surface area contributed by atoms with Gasteiger partial charge in [-0.25, -0.2) is 0 Å². The molecule has 4 radical (unpaired) electrons. The van der Waals surface area contributed by atoms with E-state index in [0.29, 0.717) is 0 Å². The summed E-state index contributed by atoms with van der Waals surface area (Å²) in [6, 6.07) is 0. The monoisotopic (exact) mass is 756 g/mol. The summed E-state index contributed by atoms with van der Waals surface area (Å²) in [6.07, 6.45) is 17.3. The summed E-state index contributed by atoms with van der Waals surface area (Å²) >= 11 is 0. The Morgan fingerprint density at radius 1 is 0.342 bits per heavy atom. The topological polar surface area (TPSA) is 161 Å². The van der Waals surface area contributed by atoms with Crippen LogP contribution in [-0.4, -0.2) is 71.7 Å². The number of hydrogen-bond donors (Lipinski definition) is 0. The van der Waals surface area contributed by atoms with Gasteiger partial charge in [0.1, 0.15) is 0 Å². The maximum Gasteiger partial charge on any atom is 2.00 e. The standard InChI is InChI=1S/2C8H16O2.2C6H12O2.2Sn/c2*1-2-3-4-5-6-7-8(9)10;2*1-2-3-4-5-6(7)8;;/h2*2-7H2,1H3,(H,9,10);2*2-5H2,1H3,(H,7,8);;/q;;;;2*+2/p-4. The molecule has 0 saturated heterocycles. The minimum Gasteiger partial charge on any atom is -0.550 e. The summed E-state index contributed by atoms with van der Waals surface area (Å²) in [7, 11) is 0. The van der Waals surface area contributed by atoms with Gasteiger partial charge in [-0.1, -0.05) is 105 Å². The zero-order valence-electron chi connectivity index (χ0n) is 24.4. The summed E-state index contributed by atoms with van der Waals surface area (Å²) in [5, 5.41) is 39.4. The number of aliphatic carboxylic acids is 4. The average Bonchev–Trinajstić information content (AvgIpc) is 2.80. The van der Waals surface area contributed by atoms with Gasteiger partial charge in [-0.3, -0.25) is 0 Å². The fourth-order valence-corrected chi connectivity index (χ4v) is 2.78. The van der Waals surface area contributed by atoms with E-state index in [2.05, 4.69) is 13.8 Å². The quantitative estimate of drug-likeness (QED) is 0.135. The Labute approximate surface area is 266 Å². The molecule has 0 atom stereocenters. The molecular weight excluding hydrogens is 702 g/mol. The Morgan fingerprint density at radius 3 is 0.684 bits per heavy atom. The third kappa shape index (κ3) is 76.5. The van der Waals surface area contributed by atoms with Crippen LogP contribution in [0, 0.1) is 0 Å². The molecule has 220 valence electrons. The SMILES string of the molecule is CCCCCC(=O)[O-].CCCCCC(=O)[O-].CCCCCCCC(=O)[O-].CCCCCCCC(=O)[O-].[Sn+2].[Sn+2]. The molecule has 0 aliphatic heterocycles. The summed E-state index contributed by atoms with van der Waals surface area (Å²) in [6.45, 7) is 8.35. The van der Waals surface area contributed by atoms with Crippen molar-refractivity contribution >= 4 is 71.7 Å². The zero-order chi connectivity index (χ0) is 28.5. The summed E-state index contributed by atoms with van der Waals surface area (Å²) in [5.41, 5.74) is 0. The van der Waals surface area contributed by atoms with Gasteiger partial charge in [-0.15, -0.1) is 0 Å². The van der Waals surface area contributed by atoms with Crippen LogP contribution < -0.4 is 20.4 Å². The molecular formula is C28H52O8Sn2. The van der Waals surface area contributed by atoms with Gasteiger partial charge >= 0.3 is 47.8 Å². The zero-order valence-corrected chi connectivity index (χ0v) is 30.1. The molecule has 0 aliphatic carbocycles. The van der Waals surface area contributed by atoms with Gasteiger partial charge in [0.05, 0.1) is 0 Å². The number of hydrogen-bond acceptors (Lipinski definition) is 8. The van der Waals surface area contributed by atoms with E-state index in [0.717, 1.165) is 77.0 Å². The fourth-order valence-electron chi connectivity index (χ4n) is 2.78. The van der Waals surface area contributed by atoms with E-state index in [1.54, 1.807) is 0 Å². The largest absolute Gasteiger partial charge is 2.00 e. The Hall–Kier alpha value is -0.523. The number of rotatable bonds is 20. The second kappa shape index (κ2) is 46.3. The molecule has 0 amide bonds. The van der Waals surface area contributed by atoms with Crippen molar-refractivity contribution in [2.75, 3.05) is 0 Å². The van der Waals surface area contributed by atoms with Crippen molar-refractivity contribution in [1.29, 1.82) is 0 Å². The van der Waals surface area contributed by atoms with E-state index in [1.165, 1.54) is 25.7 Å². The third-order valence-corrected chi connectivity index (χ3v) is 4.94. The van der Waals surface area contributed by atoms with Crippen LogP contribution in [0.4, 0.5) is 0 Å². The first-order chi connectivity index (χ1) is 17.1. The molecule has 0 aromatic rings. The van der Waals surface area contributed by atoms with Crippen molar-refractivity contribution in [1.82, 2.24) is 0 Å². The number of unbranched alkanes of at least 4 members (excludes halogenated alkanes) is 12. The van der Waals surface area contributed by atoms with E-state index in [4.69, 9.17) is 0 Å². The first-order valence-electron chi connectivity index (χ1n) is 13.9. The van der Waals surface area contributed by atoms with Crippen molar-refractivity contribution in [3.05, 3.63) is 0 Å². The van der Waals surface area contributed by atoms with Crippen molar-refractivity contribution in [2.24, 2.45) is 0 Å². The summed E-state index contributed by atoms with van der Waals surface area (Å²) in [5.74, 6) is -3.70. The van der Waals surface area contributed by atoms with Gasteiger partial charge in [0.2, 0.25) is 0 Å². The molecule has 0 bridgehead atoms. The van der Waals surface area contributed by atoms with E-state index in [1.807, 2.05) is 13.8 Å².